The van der Waals surface area contributed by atoms with E-state index in [-0.39, 0.29) is 20.1 Å². The van der Waals surface area contributed by atoms with E-state index < -0.39 is 9.39 Å². The zero-order valence-electron chi connectivity index (χ0n) is 6.09. The monoisotopic (exact) mass is 334 g/mol. The maximum atomic E-state index is 9.68. The fraction of sp³-hybridized carbons (Fsp3) is 0.333. The molecule has 1 rings (SSSR count). The summed E-state index contributed by atoms with van der Waals surface area (Å²) in [5, 5.41) is 6.39. The summed E-state index contributed by atoms with van der Waals surface area (Å²) in [4.78, 5) is 0. The molecule has 0 aromatic rings. The molecule has 0 amide bonds. The number of alkyl halides is 3. The number of halogens is 7. The van der Waals surface area contributed by atoms with Crippen molar-refractivity contribution in [2.45, 2.75) is 9.39 Å². The van der Waals surface area contributed by atoms with Gasteiger partial charge in [0.1, 0.15) is 0 Å². The first-order valence-corrected chi connectivity index (χ1v) is 5.69. The highest BCUT2D eigenvalue weighted by atomic mass is 35.5. The summed E-state index contributed by atoms with van der Waals surface area (Å²) in [6.45, 7) is 0. The van der Waals surface area contributed by atoms with Crippen molar-refractivity contribution < 1.29 is 5.11 Å². The van der Waals surface area contributed by atoms with Crippen LogP contribution in [0.2, 0.25) is 0 Å². The Morgan fingerprint density at radius 2 is 1.14 bits per heavy atom. The van der Waals surface area contributed by atoms with Gasteiger partial charge in [-0.3, -0.25) is 0 Å². The van der Waals surface area contributed by atoms with Crippen molar-refractivity contribution in [3.05, 3.63) is 20.1 Å². The fourth-order valence-electron chi connectivity index (χ4n) is 0.759. The Balaban J connectivity index is 3.48. The van der Waals surface area contributed by atoms with Gasteiger partial charge in [0.05, 0.1) is 20.1 Å². The van der Waals surface area contributed by atoms with E-state index in [1.54, 1.807) is 0 Å². The van der Waals surface area contributed by atoms with Crippen molar-refractivity contribution in [2.24, 2.45) is 0 Å². The smallest absolute Gasteiger partial charge is 0.215 e. The van der Waals surface area contributed by atoms with Crippen molar-refractivity contribution >= 4 is 81.2 Å². The minimum atomic E-state index is -2.30. The average Bonchev–Trinajstić information content (AvgIpc) is 2.10. The Hall–Kier alpha value is 1.47. The standard InChI is InChI=1S/C6HCl7O/c7-1-2(8)4(10)6(13,14)5(11,12)3(1)9/h14H. The number of hydrogen-bond acceptors (Lipinski definition) is 1. The minimum absolute atomic E-state index is 0.145. The molecule has 0 bridgehead atoms. The van der Waals surface area contributed by atoms with Crippen molar-refractivity contribution in [1.29, 1.82) is 0 Å². The maximum Gasteiger partial charge on any atom is 0.215 e. The molecule has 0 aromatic carbocycles. The van der Waals surface area contributed by atoms with Gasteiger partial charge in [0.15, 0.2) is 0 Å². The van der Waals surface area contributed by atoms with Gasteiger partial charge in [0, 0.05) is 0 Å². The molecule has 1 N–H and O–H groups in total. The molecular weight excluding hydrogens is 336 g/mol. The molecule has 14 heavy (non-hydrogen) atoms. The summed E-state index contributed by atoms with van der Waals surface area (Å²) in [5.41, 5.74) is 0. The molecule has 0 radical (unpaired) electrons. The maximum absolute atomic E-state index is 9.68. The van der Waals surface area contributed by atoms with Crippen LogP contribution in [0.4, 0.5) is 0 Å². The van der Waals surface area contributed by atoms with Crippen LogP contribution in [0.5, 0.6) is 0 Å². The van der Waals surface area contributed by atoms with E-state index in [0.29, 0.717) is 0 Å². The van der Waals surface area contributed by atoms with Crippen LogP contribution in [-0.4, -0.2) is 14.5 Å². The Bertz CT molecular complexity index is 306. The summed E-state index contributed by atoms with van der Waals surface area (Å²) in [7, 11) is 0. The van der Waals surface area contributed by atoms with Crippen LogP contribution in [0, 0.1) is 0 Å². The first-order chi connectivity index (χ1) is 6.14. The van der Waals surface area contributed by atoms with Crippen molar-refractivity contribution in [1.82, 2.24) is 0 Å². The second-order valence-corrected chi connectivity index (χ2v) is 5.84. The molecule has 0 saturated carbocycles. The van der Waals surface area contributed by atoms with Gasteiger partial charge in [-0.15, -0.1) is 0 Å². The lowest BCUT2D eigenvalue weighted by Crippen LogP contribution is -2.44. The van der Waals surface area contributed by atoms with E-state index in [0.717, 1.165) is 0 Å². The quantitative estimate of drug-likeness (QED) is 0.646. The molecule has 0 aliphatic heterocycles. The number of allylic oxidation sites excluding steroid dienone is 2. The van der Waals surface area contributed by atoms with Crippen LogP contribution in [-0.2, 0) is 0 Å². The molecule has 0 fully saturated rings. The Morgan fingerprint density at radius 3 is 1.57 bits per heavy atom. The van der Waals surface area contributed by atoms with Gasteiger partial charge in [0.2, 0.25) is 9.39 Å². The third-order valence-corrected chi connectivity index (χ3v) is 5.42. The van der Waals surface area contributed by atoms with Crippen LogP contribution in [0.25, 0.3) is 0 Å². The van der Waals surface area contributed by atoms with E-state index in [4.69, 9.17) is 81.2 Å². The zero-order chi connectivity index (χ0) is 11.3. The van der Waals surface area contributed by atoms with Crippen LogP contribution in [0.1, 0.15) is 0 Å². The van der Waals surface area contributed by atoms with E-state index in [2.05, 4.69) is 0 Å². The van der Waals surface area contributed by atoms with Crippen molar-refractivity contribution in [3.8, 4) is 0 Å². The second-order valence-electron chi connectivity index (χ2n) is 2.45. The van der Waals surface area contributed by atoms with Crippen LogP contribution in [0.3, 0.4) is 0 Å². The first kappa shape index (κ1) is 13.5. The van der Waals surface area contributed by atoms with E-state index in [1.807, 2.05) is 0 Å². The third kappa shape index (κ3) is 1.76. The van der Waals surface area contributed by atoms with Crippen LogP contribution < -0.4 is 0 Å². The Kier molecular flexibility index (Phi) is 3.91. The van der Waals surface area contributed by atoms with Gasteiger partial charge in [-0.25, -0.2) is 0 Å². The van der Waals surface area contributed by atoms with Gasteiger partial charge < -0.3 is 5.11 Å². The predicted octanol–water partition coefficient (Wildman–Crippen LogP) is 4.48. The predicted molar refractivity (Wildman–Crippen MR) is 62.7 cm³/mol. The SMILES string of the molecule is OC1(Cl)C(Cl)=C(Cl)C(Cl)=C(Cl)C1(Cl)Cl. The normalized spacial score (nSPS) is 32.6. The number of aliphatic hydroxyl groups is 1. The molecule has 1 unspecified atom stereocenters. The van der Waals surface area contributed by atoms with E-state index >= 15 is 0 Å². The lowest BCUT2D eigenvalue weighted by atomic mass is 10.1. The van der Waals surface area contributed by atoms with Gasteiger partial charge in [-0.05, 0) is 0 Å². The summed E-state index contributed by atoms with van der Waals surface area (Å²) < 4.78 is -2.04. The highest BCUT2D eigenvalue weighted by molar-refractivity contribution is 6.65. The van der Waals surface area contributed by atoms with Crippen molar-refractivity contribution in [3.63, 3.8) is 0 Å². The molecule has 1 aliphatic rings. The van der Waals surface area contributed by atoms with Gasteiger partial charge >= 0.3 is 0 Å². The summed E-state index contributed by atoms with van der Waals surface area (Å²) >= 11 is 39.6. The molecule has 0 saturated heterocycles. The Labute approximate surface area is 115 Å². The molecule has 1 atom stereocenters. The largest absolute Gasteiger partial charge is 0.368 e. The minimum Gasteiger partial charge on any atom is -0.368 e. The lowest BCUT2D eigenvalue weighted by Gasteiger charge is -2.36. The summed E-state index contributed by atoms with van der Waals surface area (Å²) in [6.07, 6.45) is 0. The molecule has 0 heterocycles. The van der Waals surface area contributed by atoms with Crippen LogP contribution >= 0.6 is 81.2 Å². The van der Waals surface area contributed by atoms with Gasteiger partial charge in [-0.1, -0.05) is 81.2 Å². The van der Waals surface area contributed by atoms with Crippen LogP contribution in [0.15, 0.2) is 20.1 Å². The van der Waals surface area contributed by atoms with E-state index in [1.165, 1.54) is 0 Å². The molecular formula is C6HCl7O. The Morgan fingerprint density at radius 1 is 0.786 bits per heavy atom. The molecule has 80 valence electrons. The first-order valence-electron chi connectivity index (χ1n) is 3.05. The summed E-state index contributed by atoms with van der Waals surface area (Å²) in [6, 6.07) is 0. The molecule has 0 spiro atoms. The van der Waals surface area contributed by atoms with Gasteiger partial charge in [0.25, 0.3) is 0 Å². The van der Waals surface area contributed by atoms with E-state index in [9.17, 15) is 5.11 Å². The van der Waals surface area contributed by atoms with Crippen molar-refractivity contribution in [2.75, 3.05) is 0 Å². The zero-order valence-corrected chi connectivity index (χ0v) is 11.4. The average molecular weight is 337 g/mol. The number of hydrogen-bond donors (Lipinski definition) is 1. The second kappa shape index (κ2) is 4.05. The molecule has 0 aromatic heterocycles. The third-order valence-electron chi connectivity index (χ3n) is 1.56. The molecule has 8 heteroatoms. The number of rotatable bonds is 0. The topological polar surface area (TPSA) is 20.2 Å². The summed E-state index contributed by atoms with van der Waals surface area (Å²) in [5.74, 6) is 0. The fourth-order valence-corrected chi connectivity index (χ4v) is 2.65. The van der Waals surface area contributed by atoms with Gasteiger partial charge in [-0.2, -0.15) is 0 Å². The molecule has 1 aliphatic carbocycles. The highest BCUT2D eigenvalue weighted by Gasteiger charge is 2.56. The molecule has 1 nitrogen and oxygen atoms in total. The highest BCUT2D eigenvalue weighted by Crippen LogP contribution is 2.56. The lowest BCUT2D eigenvalue weighted by molar-refractivity contribution is 0.166.